The summed E-state index contributed by atoms with van der Waals surface area (Å²) in [5.74, 6) is 1.63. The molecule has 0 saturated carbocycles. The van der Waals surface area contributed by atoms with E-state index in [1.54, 1.807) is 13.4 Å². The van der Waals surface area contributed by atoms with Gasteiger partial charge in [0.2, 0.25) is 0 Å². The molecular weight excluding hydrogens is 266 g/mol. The normalized spacial score (nSPS) is 10.8. The molecule has 0 radical (unpaired) electrons. The smallest absolute Gasteiger partial charge is 0.157 e. The van der Waals surface area contributed by atoms with Gasteiger partial charge < -0.3 is 10.1 Å². The van der Waals surface area contributed by atoms with Crippen molar-refractivity contribution in [1.29, 1.82) is 0 Å². The summed E-state index contributed by atoms with van der Waals surface area (Å²) in [5.41, 5.74) is 3.79. The molecule has 6 nitrogen and oxygen atoms in total. The van der Waals surface area contributed by atoms with Gasteiger partial charge in [0.1, 0.15) is 17.6 Å². The van der Waals surface area contributed by atoms with E-state index in [-0.39, 0.29) is 0 Å². The van der Waals surface area contributed by atoms with Crippen molar-refractivity contribution in [3.63, 3.8) is 0 Å². The number of methoxy groups -OCH3 is 1. The van der Waals surface area contributed by atoms with Gasteiger partial charge in [-0.1, -0.05) is 12.1 Å². The SMILES string of the molecule is COc1cccc(CCNc2ncnc3c(C)[nH]nc23)c1. The second-order valence-corrected chi connectivity index (χ2v) is 4.80. The summed E-state index contributed by atoms with van der Waals surface area (Å²) in [7, 11) is 1.68. The molecule has 0 spiro atoms. The van der Waals surface area contributed by atoms with E-state index < -0.39 is 0 Å². The van der Waals surface area contributed by atoms with E-state index in [4.69, 9.17) is 4.74 Å². The van der Waals surface area contributed by atoms with Gasteiger partial charge >= 0.3 is 0 Å². The number of H-pyrrole nitrogens is 1. The van der Waals surface area contributed by atoms with Gasteiger partial charge in [-0.05, 0) is 31.0 Å². The summed E-state index contributed by atoms with van der Waals surface area (Å²) in [6.45, 7) is 2.72. The Hall–Kier alpha value is -2.63. The van der Waals surface area contributed by atoms with Crippen LogP contribution in [0.15, 0.2) is 30.6 Å². The van der Waals surface area contributed by atoms with Crippen molar-refractivity contribution < 1.29 is 4.74 Å². The molecule has 0 atom stereocenters. The van der Waals surface area contributed by atoms with Gasteiger partial charge in [0.05, 0.1) is 12.8 Å². The molecule has 2 N–H and O–H groups in total. The quantitative estimate of drug-likeness (QED) is 0.751. The van der Waals surface area contributed by atoms with Crippen LogP contribution < -0.4 is 10.1 Å². The second kappa shape index (κ2) is 5.78. The Balaban J connectivity index is 1.69. The predicted molar refractivity (Wildman–Crippen MR) is 81.6 cm³/mol. The number of aryl methyl sites for hydroxylation is 1. The Kier molecular flexibility index (Phi) is 3.68. The minimum absolute atomic E-state index is 0.757. The van der Waals surface area contributed by atoms with Crippen molar-refractivity contribution in [3.8, 4) is 5.75 Å². The van der Waals surface area contributed by atoms with Crippen molar-refractivity contribution in [1.82, 2.24) is 20.2 Å². The number of hydrogen-bond acceptors (Lipinski definition) is 5. The first-order valence-electron chi connectivity index (χ1n) is 6.80. The lowest BCUT2D eigenvalue weighted by molar-refractivity contribution is 0.414. The third-order valence-electron chi connectivity index (χ3n) is 3.35. The van der Waals surface area contributed by atoms with Crippen molar-refractivity contribution in [2.45, 2.75) is 13.3 Å². The number of ether oxygens (including phenoxy) is 1. The highest BCUT2D eigenvalue weighted by Gasteiger charge is 2.08. The molecule has 108 valence electrons. The lowest BCUT2D eigenvalue weighted by Crippen LogP contribution is -2.07. The molecule has 3 aromatic rings. The Labute approximate surface area is 122 Å². The summed E-state index contributed by atoms with van der Waals surface area (Å²) >= 11 is 0. The van der Waals surface area contributed by atoms with Crippen LogP contribution >= 0.6 is 0 Å². The van der Waals surface area contributed by atoms with E-state index in [0.29, 0.717) is 0 Å². The lowest BCUT2D eigenvalue weighted by Gasteiger charge is -2.07. The number of rotatable bonds is 5. The second-order valence-electron chi connectivity index (χ2n) is 4.80. The predicted octanol–water partition coefficient (Wildman–Crippen LogP) is 2.32. The standard InChI is InChI=1S/C15H17N5O/c1-10-13-14(20-19-10)15(18-9-17-13)16-7-6-11-4-3-5-12(8-11)21-2/h3-5,8-9H,6-7H2,1-2H3,(H,19,20)(H,16,17,18). The van der Waals surface area contributed by atoms with Gasteiger partial charge in [-0.2, -0.15) is 5.10 Å². The number of nitrogens with zero attached hydrogens (tertiary/aromatic N) is 3. The number of benzene rings is 1. The molecule has 2 aromatic heterocycles. The molecule has 0 fully saturated rings. The van der Waals surface area contributed by atoms with Crippen LogP contribution in [0.5, 0.6) is 5.75 Å². The average molecular weight is 283 g/mol. The molecule has 0 aliphatic carbocycles. The van der Waals surface area contributed by atoms with Gasteiger partial charge in [-0.15, -0.1) is 0 Å². The van der Waals surface area contributed by atoms with E-state index in [9.17, 15) is 0 Å². The maximum Gasteiger partial charge on any atom is 0.157 e. The van der Waals surface area contributed by atoms with Crippen LogP contribution in [0, 0.1) is 6.92 Å². The topological polar surface area (TPSA) is 75.7 Å². The zero-order valence-corrected chi connectivity index (χ0v) is 12.1. The molecule has 6 heteroatoms. The zero-order chi connectivity index (χ0) is 14.7. The van der Waals surface area contributed by atoms with Gasteiger partial charge in [0, 0.05) is 6.54 Å². The minimum atomic E-state index is 0.757. The van der Waals surface area contributed by atoms with E-state index in [2.05, 4.69) is 31.5 Å². The largest absolute Gasteiger partial charge is 0.497 e. The molecule has 0 bridgehead atoms. The first kappa shape index (κ1) is 13.4. The van der Waals surface area contributed by atoms with Crippen LogP contribution in [0.2, 0.25) is 0 Å². The molecule has 3 rings (SSSR count). The van der Waals surface area contributed by atoms with Gasteiger partial charge in [0.25, 0.3) is 0 Å². The van der Waals surface area contributed by atoms with E-state index in [1.165, 1.54) is 5.56 Å². The van der Waals surface area contributed by atoms with E-state index >= 15 is 0 Å². The Bertz CT molecular complexity index is 753. The van der Waals surface area contributed by atoms with Crippen LogP contribution in [-0.4, -0.2) is 33.8 Å². The third-order valence-corrected chi connectivity index (χ3v) is 3.35. The Morgan fingerprint density at radius 2 is 2.14 bits per heavy atom. The molecule has 0 aliphatic heterocycles. The summed E-state index contributed by atoms with van der Waals surface area (Å²) in [4.78, 5) is 8.48. The van der Waals surface area contributed by atoms with Gasteiger partial charge in [-0.25, -0.2) is 9.97 Å². The highest BCUT2D eigenvalue weighted by molar-refractivity contribution is 5.86. The highest BCUT2D eigenvalue weighted by Crippen LogP contribution is 2.18. The highest BCUT2D eigenvalue weighted by atomic mass is 16.5. The van der Waals surface area contributed by atoms with E-state index in [1.807, 2.05) is 25.1 Å². The number of aromatic amines is 1. The van der Waals surface area contributed by atoms with Crippen molar-refractivity contribution in [2.24, 2.45) is 0 Å². The summed E-state index contributed by atoms with van der Waals surface area (Å²) in [5, 5.41) is 10.5. The zero-order valence-electron chi connectivity index (χ0n) is 12.1. The average Bonchev–Trinajstić information content (AvgIpc) is 2.90. The Morgan fingerprint density at radius 1 is 1.24 bits per heavy atom. The minimum Gasteiger partial charge on any atom is -0.497 e. The number of aromatic nitrogens is 4. The van der Waals surface area contributed by atoms with Crippen molar-refractivity contribution in [2.75, 3.05) is 19.0 Å². The fourth-order valence-electron chi connectivity index (χ4n) is 2.23. The molecule has 0 saturated heterocycles. The number of hydrogen-bond donors (Lipinski definition) is 2. The molecular formula is C15H17N5O. The molecule has 21 heavy (non-hydrogen) atoms. The summed E-state index contributed by atoms with van der Waals surface area (Å²) in [6, 6.07) is 8.06. The molecule has 0 aliphatic rings. The maximum atomic E-state index is 5.22. The first-order chi connectivity index (χ1) is 10.3. The fraction of sp³-hybridized carbons (Fsp3) is 0.267. The molecule has 0 amide bonds. The molecule has 2 heterocycles. The Morgan fingerprint density at radius 3 is 3.00 bits per heavy atom. The van der Waals surface area contributed by atoms with Crippen LogP contribution in [0.3, 0.4) is 0 Å². The van der Waals surface area contributed by atoms with E-state index in [0.717, 1.165) is 41.3 Å². The summed E-state index contributed by atoms with van der Waals surface area (Å²) < 4.78 is 5.22. The van der Waals surface area contributed by atoms with Crippen LogP contribution in [-0.2, 0) is 6.42 Å². The van der Waals surface area contributed by atoms with Gasteiger partial charge in [-0.3, -0.25) is 5.10 Å². The number of nitrogens with one attached hydrogen (secondary N) is 2. The van der Waals surface area contributed by atoms with Crippen LogP contribution in [0.1, 0.15) is 11.3 Å². The third kappa shape index (κ3) is 2.79. The van der Waals surface area contributed by atoms with Gasteiger partial charge in [0.15, 0.2) is 11.3 Å². The lowest BCUT2D eigenvalue weighted by atomic mass is 10.1. The van der Waals surface area contributed by atoms with Crippen molar-refractivity contribution in [3.05, 3.63) is 41.9 Å². The summed E-state index contributed by atoms with van der Waals surface area (Å²) in [6.07, 6.45) is 2.44. The number of anilines is 1. The van der Waals surface area contributed by atoms with Crippen LogP contribution in [0.4, 0.5) is 5.82 Å². The fourth-order valence-corrected chi connectivity index (χ4v) is 2.23. The molecule has 0 unspecified atom stereocenters. The molecule has 1 aromatic carbocycles. The van der Waals surface area contributed by atoms with Crippen LogP contribution in [0.25, 0.3) is 11.0 Å². The van der Waals surface area contributed by atoms with Crippen molar-refractivity contribution >= 4 is 16.9 Å². The first-order valence-corrected chi connectivity index (χ1v) is 6.80. The number of fused-ring (bicyclic) bond motifs is 1. The maximum absolute atomic E-state index is 5.22. The monoisotopic (exact) mass is 283 g/mol.